The summed E-state index contributed by atoms with van der Waals surface area (Å²) in [5, 5.41) is 3.32. The second-order valence-electron chi connectivity index (χ2n) is 3.73. The normalized spacial score (nSPS) is 10.7. The second kappa shape index (κ2) is 6.17. The first-order chi connectivity index (χ1) is 8.28. The van der Waals surface area contributed by atoms with Crippen LogP contribution in [0.15, 0.2) is 34.5 Å². The average Bonchev–Trinajstić information content (AvgIpc) is 2.77. The molecule has 2 aromatic rings. The van der Waals surface area contributed by atoms with Crippen LogP contribution in [-0.4, -0.2) is 4.98 Å². The van der Waals surface area contributed by atoms with E-state index in [-0.39, 0.29) is 5.82 Å². The average molecular weight is 267 g/mol. The highest BCUT2D eigenvalue weighted by Crippen LogP contribution is 2.24. The van der Waals surface area contributed by atoms with Crippen molar-refractivity contribution < 1.29 is 4.39 Å². The predicted octanol–water partition coefficient (Wildman–Crippen LogP) is 4.53. The van der Waals surface area contributed by atoms with Gasteiger partial charge in [0.2, 0.25) is 0 Å². The van der Waals surface area contributed by atoms with Crippen LogP contribution in [0.25, 0.3) is 0 Å². The lowest BCUT2D eigenvalue weighted by molar-refractivity contribution is 0.626. The fourth-order valence-electron chi connectivity index (χ4n) is 1.43. The SMILES string of the molecule is CCCc1nc(CSc2ccc(F)cc2)cs1. The first kappa shape index (κ1) is 12.6. The number of aromatic nitrogens is 1. The first-order valence-corrected chi connectivity index (χ1v) is 7.46. The maximum atomic E-state index is 12.7. The Bertz CT molecular complexity index is 465. The number of hydrogen-bond acceptors (Lipinski definition) is 3. The summed E-state index contributed by atoms with van der Waals surface area (Å²) in [6.45, 7) is 2.16. The molecule has 0 fully saturated rings. The zero-order valence-corrected chi connectivity index (χ0v) is 11.3. The summed E-state index contributed by atoms with van der Waals surface area (Å²) in [6, 6.07) is 6.59. The van der Waals surface area contributed by atoms with Crippen LogP contribution in [0.5, 0.6) is 0 Å². The van der Waals surface area contributed by atoms with E-state index in [0.29, 0.717) is 0 Å². The van der Waals surface area contributed by atoms with Crippen LogP contribution in [0.2, 0.25) is 0 Å². The van der Waals surface area contributed by atoms with E-state index in [1.165, 1.54) is 17.1 Å². The topological polar surface area (TPSA) is 12.9 Å². The molecule has 4 heteroatoms. The van der Waals surface area contributed by atoms with Gasteiger partial charge >= 0.3 is 0 Å². The van der Waals surface area contributed by atoms with Crippen LogP contribution in [0, 0.1) is 5.82 Å². The molecule has 0 saturated heterocycles. The minimum absolute atomic E-state index is 0.187. The summed E-state index contributed by atoms with van der Waals surface area (Å²) < 4.78 is 12.7. The molecular weight excluding hydrogens is 253 g/mol. The summed E-state index contributed by atoms with van der Waals surface area (Å²) in [7, 11) is 0. The van der Waals surface area contributed by atoms with Gasteiger partial charge in [0.05, 0.1) is 10.7 Å². The van der Waals surface area contributed by atoms with E-state index in [1.54, 1.807) is 35.2 Å². The van der Waals surface area contributed by atoms with E-state index in [0.717, 1.165) is 29.2 Å². The second-order valence-corrected chi connectivity index (χ2v) is 5.72. The minimum Gasteiger partial charge on any atom is -0.245 e. The van der Waals surface area contributed by atoms with Crippen molar-refractivity contribution >= 4 is 23.1 Å². The number of benzene rings is 1. The van der Waals surface area contributed by atoms with E-state index < -0.39 is 0 Å². The molecule has 0 bridgehead atoms. The molecular formula is C13H14FNS2. The van der Waals surface area contributed by atoms with Crippen LogP contribution in [-0.2, 0) is 12.2 Å². The Kier molecular flexibility index (Phi) is 4.57. The molecule has 1 aromatic heterocycles. The van der Waals surface area contributed by atoms with Gasteiger partial charge < -0.3 is 0 Å². The Morgan fingerprint density at radius 2 is 2.06 bits per heavy atom. The van der Waals surface area contributed by atoms with E-state index in [9.17, 15) is 4.39 Å². The Morgan fingerprint density at radius 3 is 2.76 bits per heavy atom. The van der Waals surface area contributed by atoms with Crippen molar-refractivity contribution in [2.24, 2.45) is 0 Å². The smallest absolute Gasteiger partial charge is 0.123 e. The maximum absolute atomic E-state index is 12.7. The number of rotatable bonds is 5. The van der Waals surface area contributed by atoms with Crippen molar-refractivity contribution in [1.82, 2.24) is 4.98 Å². The van der Waals surface area contributed by atoms with Crippen molar-refractivity contribution in [3.63, 3.8) is 0 Å². The van der Waals surface area contributed by atoms with Gasteiger partial charge in [0, 0.05) is 16.0 Å². The molecule has 0 N–H and O–H groups in total. The van der Waals surface area contributed by atoms with Crippen molar-refractivity contribution in [1.29, 1.82) is 0 Å². The highest BCUT2D eigenvalue weighted by atomic mass is 32.2. The monoisotopic (exact) mass is 267 g/mol. The van der Waals surface area contributed by atoms with Gasteiger partial charge in [0.1, 0.15) is 5.82 Å². The Balaban J connectivity index is 1.90. The molecule has 2 rings (SSSR count). The first-order valence-electron chi connectivity index (χ1n) is 5.59. The van der Waals surface area contributed by atoms with E-state index in [4.69, 9.17) is 0 Å². The lowest BCUT2D eigenvalue weighted by Gasteiger charge is -1.98. The molecule has 1 aromatic carbocycles. The lowest BCUT2D eigenvalue weighted by atomic mass is 10.3. The van der Waals surface area contributed by atoms with Crippen molar-refractivity contribution in [2.45, 2.75) is 30.4 Å². The number of halogens is 1. The van der Waals surface area contributed by atoms with Gasteiger partial charge in [-0.1, -0.05) is 6.92 Å². The Hall–Kier alpha value is -0.870. The molecule has 0 radical (unpaired) electrons. The third-order valence-electron chi connectivity index (χ3n) is 2.26. The highest BCUT2D eigenvalue weighted by molar-refractivity contribution is 7.98. The Labute approximate surface area is 109 Å². The summed E-state index contributed by atoms with van der Waals surface area (Å²) in [5.41, 5.74) is 1.12. The van der Waals surface area contributed by atoms with Crippen LogP contribution >= 0.6 is 23.1 Å². The number of thioether (sulfide) groups is 1. The molecule has 0 spiro atoms. The van der Waals surface area contributed by atoms with Gasteiger partial charge in [0.25, 0.3) is 0 Å². The largest absolute Gasteiger partial charge is 0.245 e. The van der Waals surface area contributed by atoms with Crippen LogP contribution in [0.3, 0.4) is 0 Å². The van der Waals surface area contributed by atoms with Crippen molar-refractivity contribution in [2.75, 3.05) is 0 Å². The molecule has 0 saturated carbocycles. The number of aryl methyl sites for hydroxylation is 1. The zero-order valence-electron chi connectivity index (χ0n) is 9.65. The van der Waals surface area contributed by atoms with Crippen LogP contribution < -0.4 is 0 Å². The molecule has 0 unspecified atom stereocenters. The molecule has 17 heavy (non-hydrogen) atoms. The summed E-state index contributed by atoms with van der Waals surface area (Å²) >= 11 is 3.42. The van der Waals surface area contributed by atoms with Gasteiger partial charge in [-0.3, -0.25) is 0 Å². The third kappa shape index (κ3) is 3.82. The third-order valence-corrected chi connectivity index (χ3v) is 4.27. The molecule has 0 amide bonds. The predicted molar refractivity (Wildman–Crippen MR) is 72.1 cm³/mol. The quantitative estimate of drug-likeness (QED) is 0.738. The van der Waals surface area contributed by atoms with Gasteiger partial charge in [-0.05, 0) is 37.1 Å². The fraction of sp³-hybridized carbons (Fsp3) is 0.308. The standard InChI is InChI=1S/C13H14FNS2/c1-2-3-13-15-11(9-17-13)8-16-12-6-4-10(14)5-7-12/h4-7,9H,2-3,8H2,1H3. The molecule has 0 aliphatic heterocycles. The van der Waals surface area contributed by atoms with Crippen LogP contribution in [0.4, 0.5) is 4.39 Å². The summed E-state index contributed by atoms with van der Waals surface area (Å²) in [6.07, 6.45) is 2.20. The minimum atomic E-state index is -0.187. The summed E-state index contributed by atoms with van der Waals surface area (Å²) in [5.74, 6) is 0.666. The summed E-state index contributed by atoms with van der Waals surface area (Å²) in [4.78, 5) is 5.64. The van der Waals surface area contributed by atoms with E-state index >= 15 is 0 Å². The highest BCUT2D eigenvalue weighted by Gasteiger charge is 2.02. The lowest BCUT2D eigenvalue weighted by Crippen LogP contribution is -1.84. The van der Waals surface area contributed by atoms with E-state index in [1.807, 2.05) is 0 Å². The molecule has 1 heterocycles. The number of nitrogens with zero attached hydrogens (tertiary/aromatic N) is 1. The molecule has 1 nitrogen and oxygen atoms in total. The zero-order chi connectivity index (χ0) is 12.1. The molecule has 90 valence electrons. The van der Waals surface area contributed by atoms with Gasteiger partial charge in [-0.15, -0.1) is 23.1 Å². The van der Waals surface area contributed by atoms with Gasteiger partial charge in [-0.25, -0.2) is 9.37 Å². The van der Waals surface area contributed by atoms with Gasteiger partial charge in [0.15, 0.2) is 0 Å². The van der Waals surface area contributed by atoms with Crippen molar-refractivity contribution in [3.05, 3.63) is 46.2 Å². The van der Waals surface area contributed by atoms with Crippen LogP contribution in [0.1, 0.15) is 24.0 Å². The van der Waals surface area contributed by atoms with Gasteiger partial charge in [-0.2, -0.15) is 0 Å². The van der Waals surface area contributed by atoms with Crippen molar-refractivity contribution in [3.8, 4) is 0 Å². The Morgan fingerprint density at radius 1 is 1.29 bits per heavy atom. The maximum Gasteiger partial charge on any atom is 0.123 e. The molecule has 0 aliphatic carbocycles. The number of thiazole rings is 1. The molecule has 0 aliphatic rings. The van der Waals surface area contributed by atoms with E-state index in [2.05, 4.69) is 17.3 Å². The fourth-order valence-corrected chi connectivity index (χ4v) is 3.23. The number of hydrogen-bond donors (Lipinski definition) is 0. The molecule has 0 atom stereocenters.